The monoisotopic (exact) mass is 457 g/mol. The summed E-state index contributed by atoms with van der Waals surface area (Å²) in [6.45, 7) is 5.95. The topological polar surface area (TPSA) is 87.3 Å². The van der Waals surface area contributed by atoms with Crippen LogP contribution in [-0.2, 0) is 13.0 Å². The smallest absolute Gasteiger partial charge is 0.223 e. The molecule has 0 bridgehead atoms. The molecule has 0 radical (unpaired) electrons. The summed E-state index contributed by atoms with van der Waals surface area (Å²) in [5.74, 6) is -0.0538. The van der Waals surface area contributed by atoms with E-state index in [1.165, 1.54) is 6.20 Å². The number of benzene rings is 2. The van der Waals surface area contributed by atoms with Crippen molar-refractivity contribution >= 4 is 17.5 Å². The highest BCUT2D eigenvalue weighted by molar-refractivity contribution is 6.32. The van der Waals surface area contributed by atoms with Crippen LogP contribution in [0.1, 0.15) is 24.5 Å². The zero-order chi connectivity index (χ0) is 22.9. The molecule has 32 heavy (non-hydrogen) atoms. The van der Waals surface area contributed by atoms with Gasteiger partial charge in [-0.1, -0.05) is 42.8 Å². The highest BCUT2D eigenvalue weighted by Crippen LogP contribution is 2.25. The molecule has 0 aliphatic rings. The Labute approximate surface area is 193 Å². The third-order valence-electron chi connectivity index (χ3n) is 5.19. The summed E-state index contributed by atoms with van der Waals surface area (Å²) in [4.78, 5) is 10.8. The van der Waals surface area contributed by atoms with Crippen molar-refractivity contribution in [3.05, 3.63) is 70.6 Å². The van der Waals surface area contributed by atoms with Crippen molar-refractivity contribution < 1.29 is 9.50 Å². The fraction of sp³-hybridized carbons (Fsp3) is 0.333. The summed E-state index contributed by atoms with van der Waals surface area (Å²) in [5.41, 5.74) is 8.67. The van der Waals surface area contributed by atoms with Gasteiger partial charge in [0.1, 0.15) is 11.4 Å². The molecule has 3 aromatic rings. The Balaban J connectivity index is 1.69. The molecule has 0 saturated heterocycles. The van der Waals surface area contributed by atoms with Crippen LogP contribution in [0.4, 0.5) is 10.3 Å². The normalized spacial score (nSPS) is 11.2. The number of hydrogen-bond acceptors (Lipinski definition) is 6. The van der Waals surface area contributed by atoms with Crippen LogP contribution in [0.5, 0.6) is 5.75 Å². The molecule has 6 nitrogen and oxygen atoms in total. The van der Waals surface area contributed by atoms with Crippen LogP contribution in [0.3, 0.4) is 0 Å². The Morgan fingerprint density at radius 2 is 2.03 bits per heavy atom. The molecule has 3 rings (SSSR count). The Morgan fingerprint density at radius 3 is 2.78 bits per heavy atom. The number of nitrogens with two attached hydrogens (primary N) is 1. The third kappa shape index (κ3) is 6.63. The van der Waals surface area contributed by atoms with Gasteiger partial charge < -0.3 is 16.2 Å². The lowest BCUT2D eigenvalue weighted by Gasteiger charge is -2.20. The lowest BCUT2D eigenvalue weighted by atomic mass is 10.1. The Hall–Kier alpha value is -2.74. The first-order valence-corrected chi connectivity index (χ1v) is 11.1. The number of halogens is 2. The van der Waals surface area contributed by atoms with Gasteiger partial charge in [0.2, 0.25) is 5.95 Å². The maximum Gasteiger partial charge on any atom is 0.223 e. The van der Waals surface area contributed by atoms with E-state index in [1.807, 2.05) is 24.3 Å². The number of phenolic OH excluding ortho intramolecular Hbond substituents is 1. The molecule has 2 aromatic carbocycles. The summed E-state index contributed by atoms with van der Waals surface area (Å²) in [7, 11) is 0. The van der Waals surface area contributed by atoms with E-state index in [2.05, 4.69) is 27.1 Å². The predicted octanol–water partition coefficient (Wildman–Crippen LogP) is 4.47. The van der Waals surface area contributed by atoms with E-state index < -0.39 is 5.82 Å². The summed E-state index contributed by atoms with van der Waals surface area (Å²) in [6.07, 6.45) is 2.79. The molecular formula is C24H29ClFN5O. The van der Waals surface area contributed by atoms with Crippen LogP contribution in [0.15, 0.2) is 48.7 Å². The highest BCUT2D eigenvalue weighted by atomic mass is 35.5. The SMILES string of the molecule is CCN(CCCN)Cc1cccc(-c2nc(NCCc3ccc(O)c(Cl)c3)ncc2F)c1. The number of nitrogens with zero attached hydrogens (tertiary/aromatic N) is 3. The van der Waals surface area contributed by atoms with Crippen molar-refractivity contribution in [3.8, 4) is 17.0 Å². The van der Waals surface area contributed by atoms with Crippen LogP contribution in [0.2, 0.25) is 5.02 Å². The third-order valence-corrected chi connectivity index (χ3v) is 5.49. The number of rotatable bonds is 11. The first kappa shape index (κ1) is 23.9. The van der Waals surface area contributed by atoms with E-state index in [0.717, 1.165) is 37.2 Å². The van der Waals surface area contributed by atoms with Crippen molar-refractivity contribution in [1.29, 1.82) is 0 Å². The molecule has 170 valence electrons. The minimum absolute atomic E-state index is 0.0542. The lowest BCUT2D eigenvalue weighted by Crippen LogP contribution is -2.25. The van der Waals surface area contributed by atoms with Crippen molar-refractivity contribution in [1.82, 2.24) is 14.9 Å². The van der Waals surface area contributed by atoms with Crippen molar-refractivity contribution in [2.75, 3.05) is 31.5 Å². The number of anilines is 1. The van der Waals surface area contributed by atoms with Crippen LogP contribution < -0.4 is 11.1 Å². The molecule has 0 atom stereocenters. The summed E-state index contributed by atoms with van der Waals surface area (Å²) >= 11 is 5.95. The second-order valence-corrected chi connectivity index (χ2v) is 7.97. The van der Waals surface area contributed by atoms with E-state index >= 15 is 0 Å². The summed E-state index contributed by atoms with van der Waals surface area (Å²) < 4.78 is 14.5. The zero-order valence-electron chi connectivity index (χ0n) is 18.2. The van der Waals surface area contributed by atoms with E-state index in [4.69, 9.17) is 17.3 Å². The largest absolute Gasteiger partial charge is 0.506 e. The molecule has 0 spiro atoms. The molecule has 1 heterocycles. The number of hydrogen-bond donors (Lipinski definition) is 3. The molecule has 0 aliphatic carbocycles. The standard InChI is InChI=1S/C24H29ClFN5O/c1-2-31(12-4-10-27)16-18-5-3-6-19(13-18)23-21(26)15-29-24(30-23)28-11-9-17-7-8-22(32)20(25)14-17/h3,5-8,13-15,32H,2,4,9-12,16,27H2,1H3,(H,28,29,30). The van der Waals surface area contributed by atoms with Crippen molar-refractivity contribution in [2.24, 2.45) is 5.73 Å². The first-order chi connectivity index (χ1) is 15.5. The Kier molecular flexibility index (Phi) is 8.79. The van der Waals surface area contributed by atoms with Crippen LogP contribution >= 0.6 is 11.6 Å². The fourth-order valence-electron chi connectivity index (χ4n) is 3.42. The number of phenols is 1. The average Bonchev–Trinajstić information content (AvgIpc) is 2.80. The Morgan fingerprint density at radius 1 is 1.19 bits per heavy atom. The number of nitrogens with one attached hydrogen (secondary N) is 1. The van der Waals surface area contributed by atoms with Gasteiger partial charge in [0.15, 0.2) is 5.82 Å². The van der Waals surface area contributed by atoms with Crippen molar-refractivity contribution in [2.45, 2.75) is 26.3 Å². The van der Waals surface area contributed by atoms with Gasteiger partial charge in [0, 0.05) is 18.7 Å². The second kappa shape index (κ2) is 11.8. The van der Waals surface area contributed by atoms with Gasteiger partial charge in [-0.15, -0.1) is 0 Å². The van der Waals surface area contributed by atoms with Gasteiger partial charge in [-0.2, -0.15) is 0 Å². The van der Waals surface area contributed by atoms with Crippen LogP contribution in [0.25, 0.3) is 11.3 Å². The molecule has 8 heteroatoms. The predicted molar refractivity (Wildman–Crippen MR) is 127 cm³/mol. The van der Waals surface area contributed by atoms with Gasteiger partial charge in [0.25, 0.3) is 0 Å². The highest BCUT2D eigenvalue weighted by Gasteiger charge is 2.11. The maximum absolute atomic E-state index is 14.5. The van der Waals surface area contributed by atoms with E-state index in [9.17, 15) is 9.50 Å². The van der Waals surface area contributed by atoms with E-state index in [-0.39, 0.29) is 11.4 Å². The molecule has 0 aliphatic heterocycles. The number of aromatic nitrogens is 2. The molecule has 0 unspecified atom stereocenters. The average molecular weight is 458 g/mol. The first-order valence-electron chi connectivity index (χ1n) is 10.8. The van der Waals surface area contributed by atoms with Crippen LogP contribution in [0, 0.1) is 5.82 Å². The van der Waals surface area contributed by atoms with Gasteiger partial charge in [-0.3, -0.25) is 4.90 Å². The molecular weight excluding hydrogens is 429 g/mol. The zero-order valence-corrected chi connectivity index (χ0v) is 18.9. The summed E-state index contributed by atoms with van der Waals surface area (Å²) in [6, 6.07) is 12.9. The Bertz CT molecular complexity index is 1030. The maximum atomic E-state index is 14.5. The minimum atomic E-state index is -0.464. The quantitative estimate of drug-likeness (QED) is 0.394. The molecule has 4 N–H and O–H groups in total. The van der Waals surface area contributed by atoms with E-state index in [0.29, 0.717) is 36.0 Å². The fourth-order valence-corrected chi connectivity index (χ4v) is 3.62. The molecule has 0 saturated carbocycles. The van der Waals surface area contributed by atoms with Gasteiger partial charge in [-0.25, -0.2) is 14.4 Å². The van der Waals surface area contributed by atoms with Crippen molar-refractivity contribution in [3.63, 3.8) is 0 Å². The van der Waals surface area contributed by atoms with E-state index in [1.54, 1.807) is 18.2 Å². The van der Waals surface area contributed by atoms with Gasteiger partial charge >= 0.3 is 0 Å². The lowest BCUT2D eigenvalue weighted by molar-refractivity contribution is 0.278. The van der Waals surface area contributed by atoms with Gasteiger partial charge in [-0.05, 0) is 61.8 Å². The minimum Gasteiger partial charge on any atom is -0.506 e. The van der Waals surface area contributed by atoms with Crippen LogP contribution in [-0.4, -0.2) is 46.2 Å². The summed E-state index contributed by atoms with van der Waals surface area (Å²) in [5, 5.41) is 13.0. The molecule has 0 amide bonds. The second-order valence-electron chi connectivity index (χ2n) is 7.56. The molecule has 0 fully saturated rings. The van der Waals surface area contributed by atoms with Gasteiger partial charge in [0.05, 0.1) is 11.2 Å². The molecule has 1 aromatic heterocycles. The number of aromatic hydroxyl groups is 1.